The van der Waals surface area contributed by atoms with Crippen molar-refractivity contribution < 1.29 is 24.8 Å². The predicted octanol–water partition coefficient (Wildman–Crippen LogP) is 5.95. The fourth-order valence-electron chi connectivity index (χ4n) is 4.67. The lowest BCUT2D eigenvalue weighted by molar-refractivity contribution is 0.372. The minimum absolute atomic E-state index is 0.0538. The van der Waals surface area contributed by atoms with E-state index in [-0.39, 0.29) is 23.2 Å². The average Bonchev–Trinajstić information content (AvgIpc) is 2.77. The second kappa shape index (κ2) is 7.12. The number of ether oxygens (including phenoxy) is 2. The number of methoxy groups -OCH3 is 1. The number of benzene rings is 3. The maximum atomic E-state index is 10.9. The molecule has 1 aliphatic rings. The van der Waals surface area contributed by atoms with E-state index in [0.29, 0.717) is 5.75 Å². The maximum absolute atomic E-state index is 10.9. The first-order valence-electron chi connectivity index (χ1n) is 10.3. The Morgan fingerprint density at radius 2 is 1.19 bits per heavy atom. The number of rotatable bonds is 2. The molecule has 0 atom stereocenters. The lowest BCUT2D eigenvalue weighted by Crippen LogP contribution is -2.18. The van der Waals surface area contributed by atoms with Crippen LogP contribution in [0.4, 0.5) is 0 Å². The van der Waals surface area contributed by atoms with Gasteiger partial charge in [0.25, 0.3) is 0 Å². The van der Waals surface area contributed by atoms with Crippen LogP contribution in [0.2, 0.25) is 0 Å². The standard InChI is InChI=1S/C26H28O5/c1-11-13(3)25-20(15(5)23(11)28)22(17-8-9-18(27)19(10-17)30-7)21-16(6)24(29)12(2)14(4)26(21)31-25/h8-10,22,27-29H,1-7H3. The second-order valence-corrected chi connectivity index (χ2v) is 8.40. The Morgan fingerprint density at radius 1 is 0.710 bits per heavy atom. The first kappa shape index (κ1) is 20.9. The molecule has 0 saturated heterocycles. The third kappa shape index (κ3) is 2.83. The van der Waals surface area contributed by atoms with Gasteiger partial charge in [-0.25, -0.2) is 0 Å². The van der Waals surface area contributed by atoms with Gasteiger partial charge in [0.2, 0.25) is 0 Å². The molecule has 0 aromatic heterocycles. The molecule has 0 amide bonds. The van der Waals surface area contributed by atoms with Crippen LogP contribution in [-0.2, 0) is 0 Å². The molecule has 0 bridgehead atoms. The zero-order valence-corrected chi connectivity index (χ0v) is 19.0. The van der Waals surface area contributed by atoms with E-state index in [9.17, 15) is 15.3 Å². The van der Waals surface area contributed by atoms with Crippen LogP contribution in [-0.4, -0.2) is 22.4 Å². The van der Waals surface area contributed by atoms with Crippen LogP contribution in [0.5, 0.6) is 34.5 Å². The zero-order valence-electron chi connectivity index (χ0n) is 19.0. The number of aromatic hydroxyl groups is 3. The molecule has 1 aliphatic heterocycles. The van der Waals surface area contributed by atoms with E-state index in [0.717, 1.165) is 61.6 Å². The number of hydrogen-bond donors (Lipinski definition) is 3. The van der Waals surface area contributed by atoms with E-state index in [1.54, 1.807) is 12.1 Å². The van der Waals surface area contributed by atoms with E-state index in [1.165, 1.54) is 7.11 Å². The van der Waals surface area contributed by atoms with Gasteiger partial charge in [-0.3, -0.25) is 0 Å². The number of phenols is 3. The monoisotopic (exact) mass is 420 g/mol. The summed E-state index contributed by atoms with van der Waals surface area (Å²) in [6.45, 7) is 11.4. The third-order valence-electron chi connectivity index (χ3n) is 6.84. The molecule has 0 aliphatic carbocycles. The highest BCUT2D eigenvalue weighted by Crippen LogP contribution is 2.56. The Bertz CT molecular complexity index is 1170. The van der Waals surface area contributed by atoms with Crippen LogP contribution in [0.25, 0.3) is 0 Å². The van der Waals surface area contributed by atoms with E-state index >= 15 is 0 Å². The van der Waals surface area contributed by atoms with Gasteiger partial charge in [0.1, 0.15) is 23.0 Å². The zero-order chi connectivity index (χ0) is 22.8. The van der Waals surface area contributed by atoms with Crippen LogP contribution < -0.4 is 9.47 Å². The van der Waals surface area contributed by atoms with Crippen LogP contribution in [0.1, 0.15) is 56.0 Å². The Balaban J connectivity index is 2.17. The molecule has 5 nitrogen and oxygen atoms in total. The molecule has 3 aromatic rings. The van der Waals surface area contributed by atoms with Crippen LogP contribution in [0.15, 0.2) is 18.2 Å². The highest BCUT2D eigenvalue weighted by Gasteiger charge is 2.37. The first-order valence-corrected chi connectivity index (χ1v) is 10.3. The average molecular weight is 421 g/mol. The van der Waals surface area contributed by atoms with Gasteiger partial charge in [0.05, 0.1) is 7.11 Å². The molecule has 162 valence electrons. The number of hydrogen-bond acceptors (Lipinski definition) is 5. The Morgan fingerprint density at radius 3 is 1.65 bits per heavy atom. The molecule has 0 fully saturated rings. The highest BCUT2D eigenvalue weighted by atomic mass is 16.5. The normalized spacial score (nSPS) is 12.9. The van der Waals surface area contributed by atoms with E-state index in [4.69, 9.17) is 9.47 Å². The molecule has 5 heteroatoms. The van der Waals surface area contributed by atoms with Crippen molar-refractivity contribution in [2.75, 3.05) is 7.11 Å². The summed E-state index contributed by atoms with van der Waals surface area (Å²) in [7, 11) is 1.51. The summed E-state index contributed by atoms with van der Waals surface area (Å²) in [6, 6.07) is 5.25. The van der Waals surface area contributed by atoms with Crippen LogP contribution in [0.3, 0.4) is 0 Å². The maximum Gasteiger partial charge on any atom is 0.160 e. The minimum atomic E-state index is -0.316. The Labute approximate surface area is 182 Å². The first-order chi connectivity index (χ1) is 14.6. The van der Waals surface area contributed by atoms with Crippen molar-refractivity contribution in [1.29, 1.82) is 0 Å². The van der Waals surface area contributed by atoms with E-state index in [2.05, 4.69) is 0 Å². The molecule has 3 N–H and O–H groups in total. The van der Waals surface area contributed by atoms with Crippen molar-refractivity contribution in [3.05, 3.63) is 68.3 Å². The SMILES string of the molecule is COc1cc(C2c3c(C)c(O)c(C)c(C)c3Oc3c(C)c(C)c(O)c(C)c32)ccc1O. The summed E-state index contributed by atoms with van der Waals surface area (Å²) in [5, 5.41) is 31.9. The van der Waals surface area contributed by atoms with Gasteiger partial charge in [-0.1, -0.05) is 6.07 Å². The van der Waals surface area contributed by atoms with Gasteiger partial charge < -0.3 is 24.8 Å². The van der Waals surface area contributed by atoms with Crippen LogP contribution >= 0.6 is 0 Å². The molecule has 3 aromatic carbocycles. The summed E-state index contributed by atoms with van der Waals surface area (Å²) in [5.74, 6) is 2.04. The van der Waals surface area contributed by atoms with Crippen molar-refractivity contribution in [1.82, 2.24) is 0 Å². The minimum Gasteiger partial charge on any atom is -0.507 e. The molecular formula is C26H28O5. The van der Waals surface area contributed by atoms with Gasteiger partial charge in [0, 0.05) is 17.0 Å². The highest BCUT2D eigenvalue weighted by molar-refractivity contribution is 5.72. The van der Waals surface area contributed by atoms with Crippen molar-refractivity contribution in [3.63, 3.8) is 0 Å². The molecular weight excluding hydrogens is 392 g/mol. The number of phenolic OH excluding ortho intramolecular Hbond substituents is 3. The largest absolute Gasteiger partial charge is 0.507 e. The Kier molecular flexibility index (Phi) is 4.80. The fraction of sp³-hybridized carbons (Fsp3) is 0.308. The van der Waals surface area contributed by atoms with Gasteiger partial charge in [0.15, 0.2) is 11.5 Å². The lowest BCUT2D eigenvalue weighted by atomic mass is 9.76. The van der Waals surface area contributed by atoms with E-state index in [1.807, 2.05) is 47.6 Å². The fourth-order valence-corrected chi connectivity index (χ4v) is 4.67. The summed E-state index contributed by atoms with van der Waals surface area (Å²) in [5.41, 5.74) is 7.37. The molecule has 1 heterocycles. The second-order valence-electron chi connectivity index (χ2n) is 8.40. The third-order valence-corrected chi connectivity index (χ3v) is 6.84. The summed E-state index contributed by atoms with van der Waals surface area (Å²) < 4.78 is 11.9. The van der Waals surface area contributed by atoms with Gasteiger partial charge in [-0.15, -0.1) is 0 Å². The molecule has 0 spiro atoms. The number of fused-ring (bicyclic) bond motifs is 2. The molecule has 0 unspecified atom stereocenters. The van der Waals surface area contributed by atoms with Gasteiger partial charge in [-0.2, -0.15) is 0 Å². The van der Waals surface area contributed by atoms with Crippen LogP contribution in [0, 0.1) is 41.5 Å². The predicted molar refractivity (Wildman–Crippen MR) is 120 cm³/mol. The topological polar surface area (TPSA) is 79.2 Å². The molecule has 4 rings (SSSR count). The Hall–Kier alpha value is -3.34. The summed E-state index contributed by atoms with van der Waals surface area (Å²) in [6.07, 6.45) is 0. The van der Waals surface area contributed by atoms with E-state index < -0.39 is 0 Å². The molecule has 0 radical (unpaired) electrons. The van der Waals surface area contributed by atoms with Crippen molar-refractivity contribution in [3.8, 4) is 34.5 Å². The summed E-state index contributed by atoms with van der Waals surface area (Å²) >= 11 is 0. The van der Waals surface area contributed by atoms with Gasteiger partial charge >= 0.3 is 0 Å². The van der Waals surface area contributed by atoms with Crippen molar-refractivity contribution >= 4 is 0 Å². The molecule has 31 heavy (non-hydrogen) atoms. The molecule has 0 saturated carbocycles. The van der Waals surface area contributed by atoms with Crippen molar-refractivity contribution in [2.24, 2.45) is 0 Å². The lowest BCUT2D eigenvalue weighted by Gasteiger charge is -2.35. The summed E-state index contributed by atoms with van der Waals surface area (Å²) in [4.78, 5) is 0. The van der Waals surface area contributed by atoms with Crippen molar-refractivity contribution in [2.45, 2.75) is 47.5 Å². The van der Waals surface area contributed by atoms with Gasteiger partial charge in [-0.05, 0) is 92.6 Å². The quantitative estimate of drug-likeness (QED) is 0.373. The smallest absolute Gasteiger partial charge is 0.160 e.